The van der Waals surface area contributed by atoms with Crippen molar-refractivity contribution in [3.8, 4) is 17.1 Å². The molecule has 0 aliphatic carbocycles. The molecule has 2 aromatic carbocycles. The predicted octanol–water partition coefficient (Wildman–Crippen LogP) is 4.25. The van der Waals surface area contributed by atoms with Crippen molar-refractivity contribution in [3.63, 3.8) is 0 Å². The lowest BCUT2D eigenvalue weighted by molar-refractivity contribution is -0.114. The Morgan fingerprint density at radius 1 is 0.938 bits per heavy atom. The Morgan fingerprint density at radius 3 is 2.28 bits per heavy atom. The molecule has 1 aromatic heterocycles. The van der Waals surface area contributed by atoms with Gasteiger partial charge in [-0.3, -0.25) is 19.6 Å². The largest absolute Gasteiger partial charge is 0.326 e. The highest BCUT2D eigenvalue weighted by molar-refractivity contribution is 5.94. The normalized spacial score (nSPS) is 14.2. The number of hydrogen-bond donors (Lipinski definition) is 2. The van der Waals surface area contributed by atoms with Gasteiger partial charge in [0.25, 0.3) is 5.91 Å². The molecule has 3 aromatic rings. The number of piperidine rings is 1. The number of aryl methyl sites for hydroxylation is 1. The second-order valence-corrected chi connectivity index (χ2v) is 8.24. The molecule has 0 bridgehead atoms. The van der Waals surface area contributed by atoms with Gasteiger partial charge in [0.15, 0.2) is 5.69 Å². The Labute approximate surface area is 188 Å². The third-order valence-electron chi connectivity index (χ3n) is 5.77. The Morgan fingerprint density at radius 2 is 1.62 bits per heavy atom. The van der Waals surface area contributed by atoms with E-state index in [0.717, 1.165) is 60.0 Å². The van der Waals surface area contributed by atoms with Gasteiger partial charge in [-0.25, -0.2) is 9.99 Å². The molecule has 0 unspecified atom stereocenters. The van der Waals surface area contributed by atoms with Crippen LogP contribution in [0.4, 0.5) is 5.69 Å². The number of rotatable bonds is 5. The van der Waals surface area contributed by atoms with Crippen LogP contribution >= 0.6 is 0 Å². The first-order valence-electron chi connectivity index (χ1n) is 11.0. The smallest absolute Gasteiger partial charge is 0.286 e. The Kier molecular flexibility index (Phi) is 6.37. The van der Waals surface area contributed by atoms with Crippen molar-refractivity contribution in [1.82, 2.24) is 20.0 Å². The minimum Gasteiger partial charge on any atom is -0.326 e. The average Bonchev–Trinajstić information content (AvgIpc) is 3.12. The van der Waals surface area contributed by atoms with Gasteiger partial charge < -0.3 is 5.32 Å². The fourth-order valence-corrected chi connectivity index (χ4v) is 4.14. The molecule has 1 saturated heterocycles. The van der Waals surface area contributed by atoms with E-state index in [1.54, 1.807) is 0 Å². The summed E-state index contributed by atoms with van der Waals surface area (Å²) < 4.78 is 2.00. The quantitative estimate of drug-likeness (QED) is 0.633. The molecule has 1 fully saturated rings. The molecule has 0 radical (unpaired) electrons. The second kappa shape index (κ2) is 9.36. The maximum absolute atomic E-state index is 13.1. The predicted molar refractivity (Wildman–Crippen MR) is 126 cm³/mol. The molecule has 7 nitrogen and oxygen atoms in total. The van der Waals surface area contributed by atoms with Crippen LogP contribution in [0.15, 0.2) is 48.5 Å². The van der Waals surface area contributed by atoms with E-state index in [1.165, 1.54) is 13.3 Å². The molecule has 0 saturated carbocycles. The highest BCUT2D eigenvalue weighted by atomic mass is 16.2. The number of hydrogen-bond acceptors (Lipinski definition) is 4. The van der Waals surface area contributed by atoms with Crippen LogP contribution in [-0.2, 0) is 4.79 Å². The van der Waals surface area contributed by atoms with Crippen LogP contribution in [0.1, 0.15) is 47.9 Å². The summed E-state index contributed by atoms with van der Waals surface area (Å²) in [4.78, 5) is 29.3. The first-order chi connectivity index (χ1) is 15.4. The molecule has 1 aliphatic rings. The summed E-state index contributed by atoms with van der Waals surface area (Å²) >= 11 is 0. The van der Waals surface area contributed by atoms with E-state index in [1.807, 2.05) is 72.0 Å². The molecule has 7 heteroatoms. The maximum Gasteiger partial charge on any atom is 0.286 e. The number of anilines is 1. The third kappa shape index (κ3) is 4.57. The minimum atomic E-state index is -0.187. The highest BCUT2D eigenvalue weighted by Crippen LogP contribution is 2.29. The van der Waals surface area contributed by atoms with Gasteiger partial charge in [0.2, 0.25) is 5.91 Å². The molecular weight excluding hydrogens is 402 g/mol. The molecule has 0 spiro atoms. The van der Waals surface area contributed by atoms with Gasteiger partial charge in [-0.05, 0) is 56.5 Å². The SMILES string of the molecule is CC(=O)Nc1ccc(-n2c(-c3ccccc3C)nc(C(=O)NN3CCCCC3)c2C)cc1. The van der Waals surface area contributed by atoms with E-state index in [4.69, 9.17) is 4.98 Å². The van der Waals surface area contributed by atoms with Crippen molar-refractivity contribution >= 4 is 17.5 Å². The Bertz CT molecular complexity index is 1130. The first kappa shape index (κ1) is 21.8. The summed E-state index contributed by atoms with van der Waals surface area (Å²) in [6, 6.07) is 15.6. The number of nitrogens with zero attached hydrogens (tertiary/aromatic N) is 3. The fraction of sp³-hybridized carbons (Fsp3) is 0.320. The molecular formula is C25H29N5O2. The van der Waals surface area contributed by atoms with Crippen molar-refractivity contribution in [2.75, 3.05) is 18.4 Å². The number of imidazole rings is 1. The lowest BCUT2D eigenvalue weighted by Gasteiger charge is -2.26. The summed E-state index contributed by atoms with van der Waals surface area (Å²) in [5, 5.41) is 4.78. The van der Waals surface area contributed by atoms with Crippen molar-refractivity contribution in [2.24, 2.45) is 0 Å². The standard InChI is InChI=1S/C25H29N5O2/c1-17-9-5-6-10-22(17)24-27-23(25(32)28-29-15-7-4-8-16-29)18(2)30(24)21-13-11-20(12-14-21)26-19(3)31/h5-6,9-14H,4,7-8,15-16H2,1-3H3,(H,26,31)(H,28,32). The topological polar surface area (TPSA) is 79.3 Å². The van der Waals surface area contributed by atoms with Crippen LogP contribution in [0.2, 0.25) is 0 Å². The fourth-order valence-electron chi connectivity index (χ4n) is 4.14. The molecule has 166 valence electrons. The zero-order valence-corrected chi connectivity index (χ0v) is 18.8. The summed E-state index contributed by atoms with van der Waals surface area (Å²) in [5.41, 5.74) is 7.87. The van der Waals surface area contributed by atoms with Crippen LogP contribution in [0.25, 0.3) is 17.1 Å². The lowest BCUT2D eigenvalue weighted by atomic mass is 10.1. The molecule has 0 atom stereocenters. The van der Waals surface area contributed by atoms with Crippen molar-refractivity contribution in [2.45, 2.75) is 40.0 Å². The van der Waals surface area contributed by atoms with Crippen LogP contribution < -0.4 is 10.7 Å². The van der Waals surface area contributed by atoms with Gasteiger partial charge in [0.1, 0.15) is 5.82 Å². The van der Waals surface area contributed by atoms with E-state index < -0.39 is 0 Å². The lowest BCUT2D eigenvalue weighted by Crippen LogP contribution is -2.45. The molecule has 2 heterocycles. The van der Waals surface area contributed by atoms with Crippen LogP contribution in [0, 0.1) is 13.8 Å². The number of aromatic nitrogens is 2. The molecule has 2 amide bonds. The first-order valence-corrected chi connectivity index (χ1v) is 11.0. The van der Waals surface area contributed by atoms with Crippen molar-refractivity contribution in [1.29, 1.82) is 0 Å². The van der Waals surface area contributed by atoms with E-state index in [-0.39, 0.29) is 11.8 Å². The van der Waals surface area contributed by atoms with Gasteiger partial charge in [0, 0.05) is 37.0 Å². The van der Waals surface area contributed by atoms with E-state index in [2.05, 4.69) is 10.7 Å². The van der Waals surface area contributed by atoms with Crippen molar-refractivity contribution < 1.29 is 9.59 Å². The van der Waals surface area contributed by atoms with Crippen LogP contribution in [0.5, 0.6) is 0 Å². The molecule has 2 N–H and O–H groups in total. The van der Waals surface area contributed by atoms with E-state index in [0.29, 0.717) is 5.69 Å². The van der Waals surface area contributed by atoms with Crippen LogP contribution in [0.3, 0.4) is 0 Å². The Hall–Kier alpha value is -3.45. The summed E-state index contributed by atoms with van der Waals surface area (Å²) in [6.45, 7) is 7.16. The monoisotopic (exact) mass is 431 g/mol. The minimum absolute atomic E-state index is 0.117. The molecule has 32 heavy (non-hydrogen) atoms. The van der Waals surface area contributed by atoms with Gasteiger partial charge >= 0.3 is 0 Å². The van der Waals surface area contributed by atoms with Gasteiger partial charge in [0.05, 0.1) is 5.69 Å². The van der Waals surface area contributed by atoms with Gasteiger partial charge in [-0.1, -0.05) is 30.7 Å². The maximum atomic E-state index is 13.1. The Balaban J connectivity index is 1.76. The summed E-state index contributed by atoms with van der Waals surface area (Å²) in [7, 11) is 0. The highest BCUT2D eigenvalue weighted by Gasteiger charge is 2.24. The number of nitrogens with one attached hydrogen (secondary N) is 2. The summed E-state index contributed by atoms with van der Waals surface area (Å²) in [5.74, 6) is 0.415. The third-order valence-corrected chi connectivity index (χ3v) is 5.77. The number of carbonyl (C=O) groups is 2. The van der Waals surface area contributed by atoms with Gasteiger partial charge in [-0.15, -0.1) is 0 Å². The zero-order chi connectivity index (χ0) is 22.7. The average molecular weight is 432 g/mol. The van der Waals surface area contributed by atoms with E-state index in [9.17, 15) is 9.59 Å². The number of hydrazine groups is 1. The zero-order valence-electron chi connectivity index (χ0n) is 18.8. The van der Waals surface area contributed by atoms with E-state index >= 15 is 0 Å². The number of carbonyl (C=O) groups excluding carboxylic acids is 2. The molecule has 4 rings (SSSR count). The number of benzene rings is 2. The van der Waals surface area contributed by atoms with Crippen molar-refractivity contribution in [3.05, 3.63) is 65.5 Å². The number of amides is 2. The van der Waals surface area contributed by atoms with Gasteiger partial charge in [-0.2, -0.15) is 0 Å². The second-order valence-electron chi connectivity index (χ2n) is 8.24. The summed E-state index contributed by atoms with van der Waals surface area (Å²) in [6.07, 6.45) is 3.37. The molecule has 1 aliphatic heterocycles. The van der Waals surface area contributed by atoms with Crippen LogP contribution in [-0.4, -0.2) is 39.5 Å².